The molecule has 0 radical (unpaired) electrons. The zero-order valence-corrected chi connectivity index (χ0v) is 10.2. The molecule has 0 aromatic heterocycles. The van der Waals surface area contributed by atoms with Crippen LogP contribution in [0.25, 0.3) is 0 Å². The van der Waals surface area contributed by atoms with Crippen LogP contribution in [0.15, 0.2) is 18.2 Å². The topological polar surface area (TPSA) is 52.3 Å². The number of rotatable bonds is 5. The Labute approximate surface area is 101 Å². The first-order valence-corrected chi connectivity index (χ1v) is 5.76. The summed E-state index contributed by atoms with van der Waals surface area (Å²) < 4.78 is 18.1. The highest BCUT2D eigenvalue weighted by Crippen LogP contribution is 2.13. The minimum atomic E-state index is -0.529. The molecule has 0 aliphatic carbocycles. The van der Waals surface area contributed by atoms with Crippen LogP contribution in [0.4, 0.5) is 10.1 Å². The molecule has 0 saturated carbocycles. The number of carbonyl (C=O) groups is 1. The molecule has 1 atom stereocenters. The number of anilines is 1. The van der Waals surface area contributed by atoms with Gasteiger partial charge in [-0.2, -0.15) is 0 Å². The van der Waals surface area contributed by atoms with Crippen molar-refractivity contribution in [2.24, 2.45) is 5.92 Å². The molecule has 94 valence electrons. The number of nitrogen functional groups attached to an aromatic ring is 1. The molecule has 2 N–H and O–H groups in total. The maximum atomic E-state index is 13.0. The molecule has 0 amide bonds. The van der Waals surface area contributed by atoms with Crippen LogP contribution in [0.3, 0.4) is 0 Å². The summed E-state index contributed by atoms with van der Waals surface area (Å²) in [5, 5.41) is 0. The zero-order valence-electron chi connectivity index (χ0n) is 10.2. The summed E-state index contributed by atoms with van der Waals surface area (Å²) >= 11 is 0. The first-order valence-electron chi connectivity index (χ1n) is 5.76. The molecule has 17 heavy (non-hydrogen) atoms. The van der Waals surface area contributed by atoms with Crippen molar-refractivity contribution in [2.45, 2.75) is 26.7 Å². The van der Waals surface area contributed by atoms with Crippen molar-refractivity contribution in [1.82, 2.24) is 0 Å². The van der Waals surface area contributed by atoms with Crippen LogP contribution in [-0.4, -0.2) is 12.6 Å². The SMILES string of the molecule is CCCC(C)COC(=O)c1cc(N)cc(F)c1. The van der Waals surface area contributed by atoms with Gasteiger partial charge >= 0.3 is 5.97 Å². The highest BCUT2D eigenvalue weighted by molar-refractivity contribution is 5.90. The molecule has 3 nitrogen and oxygen atoms in total. The fourth-order valence-corrected chi connectivity index (χ4v) is 1.61. The lowest BCUT2D eigenvalue weighted by atomic mass is 10.1. The minimum Gasteiger partial charge on any atom is -0.462 e. The summed E-state index contributed by atoms with van der Waals surface area (Å²) in [6.45, 7) is 4.44. The predicted molar refractivity (Wildman–Crippen MR) is 65.2 cm³/mol. The number of benzene rings is 1. The summed E-state index contributed by atoms with van der Waals surface area (Å²) in [5.41, 5.74) is 5.83. The van der Waals surface area contributed by atoms with Gasteiger partial charge in [-0.25, -0.2) is 9.18 Å². The molecule has 4 heteroatoms. The predicted octanol–water partition coefficient (Wildman–Crippen LogP) is 3.00. The molecule has 0 aliphatic heterocycles. The largest absolute Gasteiger partial charge is 0.462 e. The average Bonchev–Trinajstić information content (AvgIpc) is 2.25. The third-order valence-corrected chi connectivity index (χ3v) is 2.44. The summed E-state index contributed by atoms with van der Waals surface area (Å²) in [6, 6.07) is 3.70. The standard InChI is InChI=1S/C13H18FNO2/c1-3-4-9(2)8-17-13(16)10-5-11(14)7-12(15)6-10/h5-7,9H,3-4,8,15H2,1-2H3. The van der Waals surface area contributed by atoms with Gasteiger partial charge in [0.15, 0.2) is 0 Å². The number of ether oxygens (including phenoxy) is 1. The fraction of sp³-hybridized carbons (Fsp3) is 0.462. The van der Waals surface area contributed by atoms with Crippen molar-refractivity contribution in [3.8, 4) is 0 Å². The Morgan fingerprint density at radius 2 is 2.18 bits per heavy atom. The van der Waals surface area contributed by atoms with Crippen molar-refractivity contribution in [2.75, 3.05) is 12.3 Å². The Kier molecular flexibility index (Phi) is 4.94. The van der Waals surface area contributed by atoms with Gasteiger partial charge in [0, 0.05) is 5.69 Å². The van der Waals surface area contributed by atoms with Crippen LogP contribution in [0, 0.1) is 11.7 Å². The van der Waals surface area contributed by atoms with Crippen LogP contribution >= 0.6 is 0 Å². The normalized spacial score (nSPS) is 12.2. The molecule has 0 spiro atoms. The van der Waals surface area contributed by atoms with E-state index in [-0.39, 0.29) is 11.3 Å². The van der Waals surface area contributed by atoms with Gasteiger partial charge < -0.3 is 10.5 Å². The van der Waals surface area contributed by atoms with E-state index in [1.165, 1.54) is 6.07 Å². The number of carbonyl (C=O) groups excluding carboxylic acids is 1. The van der Waals surface area contributed by atoms with Crippen LogP contribution < -0.4 is 5.73 Å². The van der Waals surface area contributed by atoms with Gasteiger partial charge in [-0.15, -0.1) is 0 Å². The van der Waals surface area contributed by atoms with Gasteiger partial charge in [-0.3, -0.25) is 0 Å². The monoisotopic (exact) mass is 239 g/mol. The van der Waals surface area contributed by atoms with Crippen molar-refractivity contribution >= 4 is 11.7 Å². The lowest BCUT2D eigenvalue weighted by Gasteiger charge is -2.11. The van der Waals surface area contributed by atoms with E-state index >= 15 is 0 Å². The summed E-state index contributed by atoms with van der Waals surface area (Å²) in [7, 11) is 0. The van der Waals surface area contributed by atoms with Gasteiger partial charge in [-0.1, -0.05) is 20.3 Å². The van der Waals surface area contributed by atoms with E-state index in [1.807, 2.05) is 6.92 Å². The molecule has 1 rings (SSSR count). The highest BCUT2D eigenvalue weighted by atomic mass is 19.1. The Morgan fingerprint density at radius 1 is 1.47 bits per heavy atom. The molecular formula is C13H18FNO2. The first kappa shape index (κ1) is 13.5. The van der Waals surface area contributed by atoms with E-state index in [4.69, 9.17) is 10.5 Å². The quantitative estimate of drug-likeness (QED) is 0.634. The maximum absolute atomic E-state index is 13.0. The van der Waals surface area contributed by atoms with Crippen molar-refractivity contribution in [3.63, 3.8) is 0 Å². The van der Waals surface area contributed by atoms with E-state index in [0.29, 0.717) is 12.5 Å². The van der Waals surface area contributed by atoms with Gasteiger partial charge in [0.05, 0.1) is 12.2 Å². The lowest BCUT2D eigenvalue weighted by Crippen LogP contribution is -2.12. The Bertz CT molecular complexity index is 373. The Hall–Kier alpha value is -1.58. The van der Waals surface area contributed by atoms with E-state index < -0.39 is 11.8 Å². The third-order valence-electron chi connectivity index (χ3n) is 2.44. The van der Waals surface area contributed by atoms with Gasteiger partial charge in [0.1, 0.15) is 5.82 Å². The third kappa shape index (κ3) is 4.43. The second kappa shape index (κ2) is 6.23. The molecule has 0 heterocycles. The maximum Gasteiger partial charge on any atom is 0.338 e. The smallest absolute Gasteiger partial charge is 0.338 e. The van der Waals surface area contributed by atoms with Crippen molar-refractivity contribution < 1.29 is 13.9 Å². The molecule has 0 aliphatic rings. The van der Waals surface area contributed by atoms with Crippen LogP contribution in [0.1, 0.15) is 37.0 Å². The van der Waals surface area contributed by atoms with E-state index in [0.717, 1.165) is 25.0 Å². The second-order valence-corrected chi connectivity index (χ2v) is 4.27. The minimum absolute atomic E-state index is 0.159. The van der Waals surface area contributed by atoms with Crippen LogP contribution in [-0.2, 0) is 4.74 Å². The summed E-state index contributed by atoms with van der Waals surface area (Å²) in [6.07, 6.45) is 2.05. The molecule has 0 bridgehead atoms. The second-order valence-electron chi connectivity index (χ2n) is 4.27. The van der Waals surface area contributed by atoms with E-state index in [9.17, 15) is 9.18 Å². The highest BCUT2D eigenvalue weighted by Gasteiger charge is 2.11. The average molecular weight is 239 g/mol. The van der Waals surface area contributed by atoms with Gasteiger partial charge in [0.2, 0.25) is 0 Å². The van der Waals surface area contributed by atoms with Crippen molar-refractivity contribution in [1.29, 1.82) is 0 Å². The number of hydrogen-bond acceptors (Lipinski definition) is 3. The Morgan fingerprint density at radius 3 is 2.76 bits per heavy atom. The molecule has 1 unspecified atom stereocenters. The Balaban J connectivity index is 2.58. The molecule has 0 fully saturated rings. The van der Waals surface area contributed by atoms with Crippen molar-refractivity contribution in [3.05, 3.63) is 29.6 Å². The number of halogens is 1. The molecule has 1 aromatic rings. The lowest BCUT2D eigenvalue weighted by molar-refractivity contribution is 0.0443. The number of esters is 1. The first-order chi connectivity index (χ1) is 8.02. The number of nitrogens with two attached hydrogens (primary N) is 1. The zero-order chi connectivity index (χ0) is 12.8. The van der Waals surface area contributed by atoms with E-state index in [2.05, 4.69) is 6.92 Å². The molecule has 1 aromatic carbocycles. The van der Waals surface area contributed by atoms with E-state index in [1.54, 1.807) is 0 Å². The molecular weight excluding hydrogens is 221 g/mol. The fourth-order valence-electron chi connectivity index (χ4n) is 1.61. The van der Waals surface area contributed by atoms with Crippen LogP contribution in [0.2, 0.25) is 0 Å². The van der Waals surface area contributed by atoms with Gasteiger partial charge in [0.25, 0.3) is 0 Å². The number of hydrogen-bond donors (Lipinski definition) is 1. The summed E-state index contributed by atoms with van der Waals surface area (Å²) in [5.74, 6) is -0.743. The molecule has 0 saturated heterocycles. The van der Waals surface area contributed by atoms with Gasteiger partial charge in [-0.05, 0) is 30.5 Å². The van der Waals surface area contributed by atoms with Crippen LogP contribution in [0.5, 0.6) is 0 Å². The summed E-state index contributed by atoms with van der Waals surface area (Å²) in [4.78, 5) is 11.6.